The van der Waals surface area contributed by atoms with Crippen LogP contribution >= 0.6 is 15.9 Å². The molecule has 1 unspecified atom stereocenters. The van der Waals surface area contributed by atoms with Crippen LogP contribution < -0.4 is 11.1 Å². The largest absolute Gasteiger partial charge is 0.362 e. The number of aromatic nitrogens is 1. The van der Waals surface area contributed by atoms with Gasteiger partial charge < -0.3 is 11.1 Å². The molecule has 0 amide bonds. The third kappa shape index (κ3) is 3.22. The van der Waals surface area contributed by atoms with Crippen molar-refractivity contribution in [2.24, 2.45) is 11.7 Å². The fourth-order valence-electron chi connectivity index (χ4n) is 1.54. The highest BCUT2D eigenvalue weighted by molar-refractivity contribution is 9.10. The molecule has 1 aromatic rings. The Balaban J connectivity index is 3.17. The summed E-state index contributed by atoms with van der Waals surface area (Å²) in [6.07, 6.45) is 1.26. The van der Waals surface area contributed by atoms with E-state index < -0.39 is 4.92 Å². The molecule has 0 fully saturated rings. The van der Waals surface area contributed by atoms with E-state index in [1.54, 1.807) is 6.92 Å². The van der Waals surface area contributed by atoms with Gasteiger partial charge in [0, 0.05) is 12.1 Å². The molecule has 1 rings (SSSR count). The number of hydrogen-bond donors (Lipinski definition) is 2. The lowest BCUT2D eigenvalue weighted by atomic mass is 9.88. The van der Waals surface area contributed by atoms with E-state index in [-0.39, 0.29) is 11.2 Å². The highest BCUT2D eigenvalue weighted by Crippen LogP contribution is 2.33. The number of nitro groups is 1. The van der Waals surface area contributed by atoms with Crippen LogP contribution in [0.4, 0.5) is 11.5 Å². The van der Waals surface area contributed by atoms with Gasteiger partial charge in [0.25, 0.3) is 5.69 Å². The molecule has 1 aromatic heterocycles. The van der Waals surface area contributed by atoms with E-state index in [2.05, 4.69) is 40.1 Å². The lowest BCUT2D eigenvalue weighted by molar-refractivity contribution is -0.385. The van der Waals surface area contributed by atoms with Gasteiger partial charge in [-0.3, -0.25) is 10.1 Å². The molecule has 19 heavy (non-hydrogen) atoms. The molecule has 0 aliphatic rings. The van der Waals surface area contributed by atoms with Gasteiger partial charge >= 0.3 is 0 Å². The van der Waals surface area contributed by atoms with Gasteiger partial charge in [0.2, 0.25) is 0 Å². The van der Waals surface area contributed by atoms with Crippen LogP contribution in [0.3, 0.4) is 0 Å². The van der Waals surface area contributed by atoms with Crippen LogP contribution in [-0.2, 0) is 0 Å². The van der Waals surface area contributed by atoms with Crippen LogP contribution in [0.5, 0.6) is 0 Å². The molecule has 0 radical (unpaired) electrons. The minimum atomic E-state index is -0.443. The van der Waals surface area contributed by atoms with E-state index in [4.69, 9.17) is 5.73 Å². The predicted molar refractivity (Wildman–Crippen MR) is 79.2 cm³/mol. The maximum Gasteiger partial charge on any atom is 0.291 e. The maximum absolute atomic E-state index is 10.8. The van der Waals surface area contributed by atoms with Crippen molar-refractivity contribution < 1.29 is 4.92 Å². The summed E-state index contributed by atoms with van der Waals surface area (Å²) in [5.41, 5.74) is 6.03. The zero-order chi connectivity index (χ0) is 14.8. The van der Waals surface area contributed by atoms with Crippen LogP contribution in [0.25, 0.3) is 0 Å². The van der Waals surface area contributed by atoms with Gasteiger partial charge in [-0.2, -0.15) is 0 Å². The second kappa shape index (κ2) is 5.83. The van der Waals surface area contributed by atoms with Gasteiger partial charge in [0.1, 0.15) is 12.0 Å². The number of nitrogens with one attached hydrogen (secondary N) is 1. The molecule has 0 aliphatic carbocycles. The lowest BCUT2D eigenvalue weighted by Crippen LogP contribution is -2.47. The zero-order valence-corrected chi connectivity index (χ0v) is 13.1. The van der Waals surface area contributed by atoms with Crippen molar-refractivity contribution in [3.05, 3.63) is 26.3 Å². The first kappa shape index (κ1) is 15.8. The Kier molecular flexibility index (Phi) is 4.86. The first-order valence-electron chi connectivity index (χ1n) is 6.00. The highest BCUT2D eigenvalue weighted by Gasteiger charge is 2.28. The second-order valence-electron chi connectivity index (χ2n) is 5.09. The summed E-state index contributed by atoms with van der Waals surface area (Å²) < 4.78 is 0.599. The van der Waals surface area contributed by atoms with E-state index in [1.807, 2.05) is 6.92 Å². The van der Waals surface area contributed by atoms with Crippen LogP contribution in [0, 0.1) is 23.0 Å². The van der Waals surface area contributed by atoms with Gasteiger partial charge in [0.15, 0.2) is 0 Å². The minimum Gasteiger partial charge on any atom is -0.362 e. The van der Waals surface area contributed by atoms with Crippen molar-refractivity contribution in [3.8, 4) is 0 Å². The number of hydrogen-bond acceptors (Lipinski definition) is 5. The van der Waals surface area contributed by atoms with Crippen LogP contribution in [0.2, 0.25) is 0 Å². The Morgan fingerprint density at radius 1 is 1.63 bits per heavy atom. The summed E-state index contributed by atoms with van der Waals surface area (Å²) in [6, 6.07) is 0. The Labute approximate surface area is 121 Å². The van der Waals surface area contributed by atoms with Crippen molar-refractivity contribution in [1.82, 2.24) is 4.98 Å². The van der Waals surface area contributed by atoms with E-state index in [1.165, 1.54) is 6.20 Å². The topological polar surface area (TPSA) is 94.1 Å². The molecule has 0 spiro atoms. The van der Waals surface area contributed by atoms with Crippen molar-refractivity contribution >= 4 is 27.4 Å². The molecule has 0 saturated heterocycles. The summed E-state index contributed by atoms with van der Waals surface area (Å²) >= 11 is 3.36. The molecule has 0 aliphatic heterocycles. The number of halogens is 1. The Bertz CT molecular complexity index is 493. The number of rotatable bonds is 5. The number of anilines is 1. The zero-order valence-electron chi connectivity index (χ0n) is 11.5. The van der Waals surface area contributed by atoms with Crippen molar-refractivity contribution in [2.75, 3.05) is 11.9 Å². The van der Waals surface area contributed by atoms with Gasteiger partial charge in [-0.05, 0) is 35.7 Å². The molecule has 0 saturated carbocycles. The summed E-state index contributed by atoms with van der Waals surface area (Å²) in [5.74, 6) is 0.867. The SMILES string of the molecule is Cc1c([N+](=O)[O-])cnc(NC(C)(CN)C(C)C)c1Br. The first-order chi connectivity index (χ1) is 8.73. The third-order valence-electron chi connectivity index (χ3n) is 3.54. The molecule has 0 bridgehead atoms. The Morgan fingerprint density at radius 2 is 2.21 bits per heavy atom. The quantitative estimate of drug-likeness (QED) is 0.639. The normalized spacial score (nSPS) is 14.3. The van der Waals surface area contributed by atoms with Crippen LogP contribution in [0.1, 0.15) is 26.3 Å². The van der Waals surface area contributed by atoms with Gasteiger partial charge in [-0.1, -0.05) is 13.8 Å². The molecule has 6 nitrogen and oxygen atoms in total. The Morgan fingerprint density at radius 3 is 2.63 bits per heavy atom. The van der Waals surface area contributed by atoms with Crippen LogP contribution in [-0.4, -0.2) is 22.0 Å². The predicted octanol–water partition coefficient (Wildman–Crippen LogP) is 2.85. The first-order valence-corrected chi connectivity index (χ1v) is 6.80. The molecule has 0 aromatic carbocycles. The van der Waals surface area contributed by atoms with Gasteiger partial charge in [-0.15, -0.1) is 0 Å². The average molecular weight is 331 g/mol. The number of nitrogens with two attached hydrogens (primary N) is 1. The van der Waals surface area contributed by atoms with Crippen molar-refractivity contribution in [1.29, 1.82) is 0 Å². The summed E-state index contributed by atoms with van der Waals surface area (Å²) in [4.78, 5) is 14.5. The highest BCUT2D eigenvalue weighted by atomic mass is 79.9. The van der Waals surface area contributed by atoms with E-state index >= 15 is 0 Å². The molecule has 106 valence electrons. The number of pyridine rings is 1. The molecule has 7 heteroatoms. The smallest absolute Gasteiger partial charge is 0.291 e. The lowest BCUT2D eigenvalue weighted by Gasteiger charge is -2.34. The van der Waals surface area contributed by atoms with E-state index in [0.29, 0.717) is 28.3 Å². The van der Waals surface area contributed by atoms with E-state index in [0.717, 1.165) is 0 Å². The molecule has 1 atom stereocenters. The monoisotopic (exact) mass is 330 g/mol. The van der Waals surface area contributed by atoms with Crippen molar-refractivity contribution in [2.45, 2.75) is 33.2 Å². The average Bonchev–Trinajstić information content (AvgIpc) is 2.34. The van der Waals surface area contributed by atoms with Crippen molar-refractivity contribution in [3.63, 3.8) is 0 Å². The number of nitrogens with zero attached hydrogens (tertiary/aromatic N) is 2. The fraction of sp³-hybridized carbons (Fsp3) is 0.583. The summed E-state index contributed by atoms with van der Waals surface area (Å²) in [5, 5.41) is 14.1. The van der Waals surface area contributed by atoms with Crippen LogP contribution in [0.15, 0.2) is 10.7 Å². The molecular formula is C12H19BrN4O2. The molecule has 1 heterocycles. The fourth-order valence-corrected chi connectivity index (χ4v) is 1.95. The third-order valence-corrected chi connectivity index (χ3v) is 4.51. The summed E-state index contributed by atoms with van der Waals surface area (Å²) in [6.45, 7) is 8.25. The van der Waals surface area contributed by atoms with Gasteiger partial charge in [0.05, 0.1) is 14.9 Å². The second-order valence-corrected chi connectivity index (χ2v) is 5.88. The van der Waals surface area contributed by atoms with E-state index in [9.17, 15) is 10.1 Å². The van der Waals surface area contributed by atoms with Gasteiger partial charge in [-0.25, -0.2) is 4.98 Å². The standard InChI is InChI=1S/C12H19BrN4O2/c1-7(2)12(4,6-14)16-11-10(13)8(3)9(5-15-11)17(18)19/h5,7H,6,14H2,1-4H3,(H,15,16). The Hall–Kier alpha value is -1.21. The molecule has 3 N–H and O–H groups in total. The molecular weight excluding hydrogens is 312 g/mol. The maximum atomic E-state index is 10.8. The minimum absolute atomic E-state index is 0.00331. The summed E-state index contributed by atoms with van der Waals surface area (Å²) in [7, 11) is 0.